The van der Waals surface area contributed by atoms with E-state index in [2.05, 4.69) is 10.3 Å². The lowest BCUT2D eigenvalue weighted by Gasteiger charge is -2.36. The SMILES string of the molecule is O=C(Nc1ccc(F)cc1)C1CCc2ccccc2N1C(=O)c1cccc2ncccc12. The number of pyridine rings is 1. The number of aromatic nitrogens is 1. The number of rotatable bonds is 3. The zero-order chi connectivity index (χ0) is 22.1. The monoisotopic (exact) mass is 425 g/mol. The first-order chi connectivity index (χ1) is 15.6. The Morgan fingerprint density at radius 2 is 1.75 bits per heavy atom. The molecule has 0 saturated carbocycles. The first-order valence-electron chi connectivity index (χ1n) is 10.4. The largest absolute Gasteiger partial charge is 0.324 e. The first kappa shape index (κ1) is 19.9. The number of aryl methyl sites for hydroxylation is 1. The van der Waals surface area contributed by atoms with Gasteiger partial charge in [0.2, 0.25) is 5.91 Å². The molecule has 0 spiro atoms. The van der Waals surface area contributed by atoms with Gasteiger partial charge in [0, 0.05) is 28.5 Å². The quantitative estimate of drug-likeness (QED) is 0.504. The van der Waals surface area contributed by atoms with Crippen LogP contribution in [-0.4, -0.2) is 22.8 Å². The molecule has 5 rings (SSSR count). The second-order valence-electron chi connectivity index (χ2n) is 7.73. The van der Waals surface area contributed by atoms with Crippen LogP contribution in [0.2, 0.25) is 0 Å². The van der Waals surface area contributed by atoms with Gasteiger partial charge in [-0.1, -0.05) is 30.3 Å². The molecule has 2 amide bonds. The zero-order valence-corrected chi connectivity index (χ0v) is 17.2. The Morgan fingerprint density at radius 1 is 0.938 bits per heavy atom. The van der Waals surface area contributed by atoms with Crippen molar-refractivity contribution in [2.45, 2.75) is 18.9 Å². The van der Waals surface area contributed by atoms with Crippen LogP contribution in [0.25, 0.3) is 10.9 Å². The molecule has 0 radical (unpaired) electrons. The second-order valence-corrected chi connectivity index (χ2v) is 7.73. The van der Waals surface area contributed by atoms with Gasteiger partial charge >= 0.3 is 0 Å². The molecule has 5 nitrogen and oxygen atoms in total. The summed E-state index contributed by atoms with van der Waals surface area (Å²) < 4.78 is 13.3. The Bertz CT molecular complexity index is 1310. The van der Waals surface area contributed by atoms with Crippen molar-refractivity contribution in [3.05, 3.63) is 102 Å². The molecule has 32 heavy (non-hydrogen) atoms. The van der Waals surface area contributed by atoms with Crippen molar-refractivity contribution in [1.29, 1.82) is 0 Å². The molecule has 2 heterocycles. The van der Waals surface area contributed by atoms with Gasteiger partial charge in [0.1, 0.15) is 11.9 Å². The summed E-state index contributed by atoms with van der Waals surface area (Å²) in [4.78, 5) is 33.1. The predicted molar refractivity (Wildman–Crippen MR) is 122 cm³/mol. The highest BCUT2D eigenvalue weighted by atomic mass is 19.1. The van der Waals surface area contributed by atoms with Gasteiger partial charge < -0.3 is 5.32 Å². The Balaban J connectivity index is 1.56. The number of anilines is 2. The van der Waals surface area contributed by atoms with Crippen LogP contribution < -0.4 is 10.2 Å². The fraction of sp³-hybridized carbons (Fsp3) is 0.115. The maximum atomic E-state index is 13.9. The average molecular weight is 425 g/mol. The Labute approximate surface area is 184 Å². The number of nitrogens with one attached hydrogen (secondary N) is 1. The molecular formula is C26H20FN3O2. The van der Waals surface area contributed by atoms with E-state index in [-0.39, 0.29) is 17.6 Å². The topological polar surface area (TPSA) is 62.3 Å². The van der Waals surface area contributed by atoms with Crippen LogP contribution in [-0.2, 0) is 11.2 Å². The highest BCUT2D eigenvalue weighted by molar-refractivity contribution is 6.17. The molecule has 1 aromatic heterocycles. The highest BCUT2D eigenvalue weighted by Gasteiger charge is 2.36. The molecule has 3 aromatic carbocycles. The highest BCUT2D eigenvalue weighted by Crippen LogP contribution is 2.33. The molecule has 0 aliphatic carbocycles. The van der Waals surface area contributed by atoms with Crippen molar-refractivity contribution >= 4 is 34.1 Å². The van der Waals surface area contributed by atoms with E-state index < -0.39 is 6.04 Å². The first-order valence-corrected chi connectivity index (χ1v) is 10.4. The van der Waals surface area contributed by atoms with Crippen molar-refractivity contribution in [2.75, 3.05) is 10.2 Å². The maximum absolute atomic E-state index is 13.9. The van der Waals surface area contributed by atoms with Crippen LogP contribution in [0.1, 0.15) is 22.3 Å². The lowest BCUT2D eigenvalue weighted by molar-refractivity contribution is -0.117. The van der Waals surface area contributed by atoms with Gasteiger partial charge in [-0.15, -0.1) is 0 Å². The number of carbonyl (C=O) groups excluding carboxylic acids is 2. The number of fused-ring (bicyclic) bond motifs is 2. The predicted octanol–water partition coefficient (Wildman–Crippen LogP) is 4.97. The fourth-order valence-electron chi connectivity index (χ4n) is 4.22. The third-order valence-electron chi connectivity index (χ3n) is 5.76. The van der Waals surface area contributed by atoms with E-state index >= 15 is 0 Å². The van der Waals surface area contributed by atoms with E-state index in [0.29, 0.717) is 24.1 Å². The van der Waals surface area contributed by atoms with Crippen molar-refractivity contribution in [1.82, 2.24) is 4.98 Å². The van der Waals surface area contributed by atoms with E-state index in [1.807, 2.05) is 36.4 Å². The molecular weight excluding hydrogens is 405 g/mol. The molecule has 0 fully saturated rings. The molecule has 158 valence electrons. The van der Waals surface area contributed by atoms with Crippen molar-refractivity contribution in [2.24, 2.45) is 0 Å². The molecule has 0 bridgehead atoms. The van der Waals surface area contributed by atoms with Crippen LogP contribution in [0.15, 0.2) is 85.1 Å². The third-order valence-corrected chi connectivity index (χ3v) is 5.76. The number of hydrogen-bond donors (Lipinski definition) is 1. The van der Waals surface area contributed by atoms with Crippen molar-refractivity contribution in [3.63, 3.8) is 0 Å². The Morgan fingerprint density at radius 3 is 2.59 bits per heavy atom. The average Bonchev–Trinajstić information content (AvgIpc) is 2.84. The van der Waals surface area contributed by atoms with E-state index in [1.54, 1.807) is 29.3 Å². The zero-order valence-electron chi connectivity index (χ0n) is 17.2. The second kappa shape index (κ2) is 8.23. The Kier molecular flexibility index (Phi) is 5.11. The lowest BCUT2D eigenvalue weighted by atomic mass is 9.93. The summed E-state index contributed by atoms with van der Waals surface area (Å²) in [7, 11) is 0. The van der Waals surface area contributed by atoms with E-state index in [9.17, 15) is 14.0 Å². The standard InChI is InChI=1S/C26H20FN3O2/c27-18-11-13-19(14-12-18)29-25(31)24-15-10-17-5-1-2-9-23(17)30(24)26(32)21-6-3-8-22-20(21)7-4-16-28-22/h1-9,11-14,16,24H,10,15H2,(H,29,31). The minimum atomic E-state index is -0.700. The lowest BCUT2D eigenvalue weighted by Crippen LogP contribution is -2.50. The van der Waals surface area contributed by atoms with Gasteiger partial charge in [-0.3, -0.25) is 19.5 Å². The maximum Gasteiger partial charge on any atom is 0.259 e. The van der Waals surface area contributed by atoms with Crippen LogP contribution >= 0.6 is 0 Å². The number of benzene rings is 3. The van der Waals surface area contributed by atoms with Gasteiger partial charge in [0.25, 0.3) is 5.91 Å². The summed E-state index contributed by atoms with van der Waals surface area (Å²) in [6, 6.07) is 21.6. The fourth-order valence-corrected chi connectivity index (χ4v) is 4.22. The van der Waals surface area contributed by atoms with Gasteiger partial charge in [-0.25, -0.2) is 4.39 Å². The van der Waals surface area contributed by atoms with E-state index in [0.717, 1.165) is 22.2 Å². The summed E-state index contributed by atoms with van der Waals surface area (Å²) in [5, 5.41) is 3.57. The number of hydrogen-bond acceptors (Lipinski definition) is 3. The number of amides is 2. The molecule has 1 atom stereocenters. The van der Waals surface area contributed by atoms with Crippen LogP contribution in [0, 0.1) is 5.82 Å². The number of carbonyl (C=O) groups is 2. The molecule has 4 aromatic rings. The Hall–Kier alpha value is -4.06. The molecule has 1 N–H and O–H groups in total. The molecule has 1 unspecified atom stereocenters. The van der Waals surface area contributed by atoms with Crippen LogP contribution in [0.3, 0.4) is 0 Å². The minimum Gasteiger partial charge on any atom is -0.324 e. The summed E-state index contributed by atoms with van der Waals surface area (Å²) in [6.07, 6.45) is 2.85. The minimum absolute atomic E-state index is 0.255. The molecule has 1 aliphatic heterocycles. The van der Waals surface area contributed by atoms with Crippen molar-refractivity contribution in [3.8, 4) is 0 Å². The van der Waals surface area contributed by atoms with Crippen molar-refractivity contribution < 1.29 is 14.0 Å². The van der Waals surface area contributed by atoms with Gasteiger partial charge in [0.15, 0.2) is 0 Å². The third kappa shape index (κ3) is 3.60. The van der Waals surface area contributed by atoms with E-state index in [4.69, 9.17) is 0 Å². The van der Waals surface area contributed by atoms with Gasteiger partial charge in [0.05, 0.1) is 5.52 Å². The summed E-state index contributed by atoms with van der Waals surface area (Å²) in [6.45, 7) is 0. The van der Waals surface area contributed by atoms with Crippen LogP contribution in [0.4, 0.5) is 15.8 Å². The van der Waals surface area contributed by atoms with Crippen LogP contribution in [0.5, 0.6) is 0 Å². The summed E-state index contributed by atoms with van der Waals surface area (Å²) in [5.41, 5.74) is 3.44. The number of halogens is 1. The number of nitrogens with zero attached hydrogens (tertiary/aromatic N) is 2. The normalized spacial score (nSPS) is 15.3. The smallest absolute Gasteiger partial charge is 0.259 e. The van der Waals surface area contributed by atoms with E-state index in [1.165, 1.54) is 24.3 Å². The summed E-state index contributed by atoms with van der Waals surface area (Å²) >= 11 is 0. The number of para-hydroxylation sites is 1. The van der Waals surface area contributed by atoms with Gasteiger partial charge in [-0.05, 0) is 66.9 Å². The molecule has 6 heteroatoms. The molecule has 0 saturated heterocycles. The van der Waals surface area contributed by atoms with Gasteiger partial charge in [-0.2, -0.15) is 0 Å². The molecule has 1 aliphatic rings. The summed E-state index contributed by atoms with van der Waals surface area (Å²) in [5.74, 6) is -0.941.